The summed E-state index contributed by atoms with van der Waals surface area (Å²) < 4.78 is 5.48. The maximum absolute atomic E-state index is 5.48. The van der Waals surface area contributed by atoms with Crippen LogP contribution in [0.2, 0.25) is 0 Å². The Bertz CT molecular complexity index is 302. The summed E-state index contributed by atoms with van der Waals surface area (Å²) in [6.07, 6.45) is 2.44. The molecule has 1 N–H and O–H groups in total. The van der Waals surface area contributed by atoms with E-state index in [-0.39, 0.29) is 5.41 Å². The third kappa shape index (κ3) is 3.06. The SMILES string of the molecule is CC(C)(CNC1CCCOC1)c1cccs1. The summed E-state index contributed by atoms with van der Waals surface area (Å²) in [7, 11) is 0. The van der Waals surface area contributed by atoms with Crippen LogP contribution in [-0.2, 0) is 10.2 Å². The molecule has 0 spiro atoms. The molecule has 1 saturated heterocycles. The normalized spacial score (nSPS) is 22.2. The minimum atomic E-state index is 0.228. The van der Waals surface area contributed by atoms with E-state index in [0.717, 1.165) is 19.8 Å². The standard InChI is InChI=1S/C13H21NOS/c1-13(2,12-6-4-8-16-12)10-14-11-5-3-7-15-9-11/h4,6,8,11,14H,3,5,7,9-10H2,1-2H3. The Morgan fingerprint density at radius 1 is 1.56 bits per heavy atom. The molecule has 3 heteroatoms. The maximum Gasteiger partial charge on any atom is 0.0619 e. The number of rotatable bonds is 4. The second kappa shape index (κ2) is 5.30. The molecule has 1 aliphatic rings. The van der Waals surface area contributed by atoms with Crippen molar-refractivity contribution in [3.8, 4) is 0 Å². The van der Waals surface area contributed by atoms with Crippen LogP contribution in [0.3, 0.4) is 0 Å². The molecule has 2 nitrogen and oxygen atoms in total. The zero-order valence-corrected chi connectivity index (χ0v) is 11.0. The van der Waals surface area contributed by atoms with Crippen molar-refractivity contribution in [2.75, 3.05) is 19.8 Å². The quantitative estimate of drug-likeness (QED) is 0.872. The molecule has 1 fully saturated rings. The molecule has 90 valence electrons. The fourth-order valence-corrected chi connectivity index (χ4v) is 2.90. The van der Waals surface area contributed by atoms with Gasteiger partial charge in [-0.2, -0.15) is 0 Å². The van der Waals surface area contributed by atoms with Crippen molar-refractivity contribution in [1.29, 1.82) is 0 Å². The highest BCUT2D eigenvalue weighted by molar-refractivity contribution is 7.10. The number of nitrogens with one attached hydrogen (secondary N) is 1. The van der Waals surface area contributed by atoms with Crippen molar-refractivity contribution in [2.24, 2.45) is 0 Å². The topological polar surface area (TPSA) is 21.3 Å². The zero-order chi connectivity index (χ0) is 11.4. The Balaban J connectivity index is 1.84. The Kier molecular flexibility index (Phi) is 4.00. The summed E-state index contributed by atoms with van der Waals surface area (Å²) in [5.74, 6) is 0. The van der Waals surface area contributed by atoms with Crippen LogP contribution < -0.4 is 5.32 Å². The van der Waals surface area contributed by atoms with Crippen LogP contribution in [0.15, 0.2) is 17.5 Å². The van der Waals surface area contributed by atoms with Gasteiger partial charge in [-0.05, 0) is 24.3 Å². The van der Waals surface area contributed by atoms with Crippen LogP contribution >= 0.6 is 11.3 Å². The molecule has 2 heterocycles. The van der Waals surface area contributed by atoms with Crippen LogP contribution in [0.5, 0.6) is 0 Å². The minimum Gasteiger partial charge on any atom is -0.380 e. The molecule has 0 saturated carbocycles. The molecule has 1 aromatic heterocycles. The van der Waals surface area contributed by atoms with E-state index in [2.05, 4.69) is 36.7 Å². The van der Waals surface area contributed by atoms with Gasteiger partial charge in [0, 0.05) is 29.5 Å². The number of thiophene rings is 1. The van der Waals surface area contributed by atoms with Gasteiger partial charge in [0.1, 0.15) is 0 Å². The Morgan fingerprint density at radius 3 is 3.06 bits per heavy atom. The van der Waals surface area contributed by atoms with Crippen molar-refractivity contribution in [3.63, 3.8) is 0 Å². The third-order valence-corrected chi connectivity index (χ3v) is 4.42. The van der Waals surface area contributed by atoms with Crippen LogP contribution in [0, 0.1) is 0 Å². The molecule has 1 aromatic rings. The number of hydrogen-bond donors (Lipinski definition) is 1. The van der Waals surface area contributed by atoms with Crippen molar-refractivity contribution in [3.05, 3.63) is 22.4 Å². The van der Waals surface area contributed by atoms with Gasteiger partial charge < -0.3 is 10.1 Å². The lowest BCUT2D eigenvalue weighted by Gasteiger charge is -2.29. The van der Waals surface area contributed by atoms with E-state index in [4.69, 9.17) is 4.74 Å². The van der Waals surface area contributed by atoms with Gasteiger partial charge in [0.15, 0.2) is 0 Å². The predicted octanol–water partition coefficient (Wildman–Crippen LogP) is 2.79. The molecular formula is C13H21NOS. The molecule has 0 bridgehead atoms. The molecule has 0 aliphatic carbocycles. The van der Waals surface area contributed by atoms with Gasteiger partial charge in [-0.1, -0.05) is 19.9 Å². The minimum absolute atomic E-state index is 0.228. The molecule has 16 heavy (non-hydrogen) atoms. The summed E-state index contributed by atoms with van der Waals surface area (Å²) >= 11 is 1.85. The lowest BCUT2D eigenvalue weighted by atomic mass is 9.91. The third-order valence-electron chi connectivity index (χ3n) is 3.18. The van der Waals surface area contributed by atoms with Crippen molar-refractivity contribution < 1.29 is 4.74 Å². The highest BCUT2D eigenvalue weighted by Crippen LogP contribution is 2.26. The van der Waals surface area contributed by atoms with Gasteiger partial charge in [-0.3, -0.25) is 0 Å². The molecule has 2 rings (SSSR count). The first-order chi connectivity index (χ1) is 7.68. The van der Waals surface area contributed by atoms with Gasteiger partial charge in [0.05, 0.1) is 6.61 Å². The first-order valence-corrected chi connectivity index (χ1v) is 6.91. The van der Waals surface area contributed by atoms with E-state index < -0.39 is 0 Å². The fraction of sp³-hybridized carbons (Fsp3) is 0.692. The summed E-state index contributed by atoms with van der Waals surface area (Å²) in [5.41, 5.74) is 0.228. The molecule has 0 radical (unpaired) electrons. The van der Waals surface area contributed by atoms with E-state index >= 15 is 0 Å². The number of hydrogen-bond acceptors (Lipinski definition) is 3. The van der Waals surface area contributed by atoms with E-state index in [1.54, 1.807) is 0 Å². The van der Waals surface area contributed by atoms with Gasteiger partial charge >= 0.3 is 0 Å². The maximum atomic E-state index is 5.48. The van der Waals surface area contributed by atoms with Crippen LogP contribution in [0.25, 0.3) is 0 Å². The van der Waals surface area contributed by atoms with Crippen molar-refractivity contribution in [2.45, 2.75) is 38.1 Å². The zero-order valence-electron chi connectivity index (χ0n) is 10.2. The van der Waals surface area contributed by atoms with Gasteiger partial charge in [0.2, 0.25) is 0 Å². The summed E-state index contributed by atoms with van der Waals surface area (Å²) in [6, 6.07) is 4.91. The van der Waals surface area contributed by atoms with E-state index in [0.29, 0.717) is 6.04 Å². The van der Waals surface area contributed by atoms with Crippen LogP contribution in [0.1, 0.15) is 31.6 Å². The summed E-state index contributed by atoms with van der Waals surface area (Å²) in [6.45, 7) is 7.44. The van der Waals surface area contributed by atoms with E-state index in [1.165, 1.54) is 17.7 Å². The summed E-state index contributed by atoms with van der Waals surface area (Å²) in [4.78, 5) is 1.46. The largest absolute Gasteiger partial charge is 0.380 e. The first-order valence-electron chi connectivity index (χ1n) is 6.03. The smallest absolute Gasteiger partial charge is 0.0619 e. The average Bonchev–Trinajstić information content (AvgIpc) is 2.82. The fourth-order valence-electron chi connectivity index (χ4n) is 2.05. The molecular weight excluding hydrogens is 218 g/mol. The Morgan fingerprint density at radius 2 is 2.44 bits per heavy atom. The molecule has 1 atom stereocenters. The van der Waals surface area contributed by atoms with Crippen molar-refractivity contribution >= 4 is 11.3 Å². The Labute approximate surface area is 102 Å². The molecule has 1 unspecified atom stereocenters. The highest BCUT2D eigenvalue weighted by Gasteiger charge is 2.23. The highest BCUT2D eigenvalue weighted by atomic mass is 32.1. The second-order valence-electron chi connectivity index (χ2n) is 5.16. The number of ether oxygens (including phenoxy) is 1. The monoisotopic (exact) mass is 239 g/mol. The van der Waals surface area contributed by atoms with Crippen LogP contribution in [-0.4, -0.2) is 25.8 Å². The molecule has 0 aromatic carbocycles. The lowest BCUT2D eigenvalue weighted by Crippen LogP contribution is -2.42. The second-order valence-corrected chi connectivity index (χ2v) is 6.10. The molecule has 1 aliphatic heterocycles. The van der Waals surface area contributed by atoms with Gasteiger partial charge in [-0.25, -0.2) is 0 Å². The lowest BCUT2D eigenvalue weighted by molar-refractivity contribution is 0.0689. The van der Waals surface area contributed by atoms with Gasteiger partial charge in [-0.15, -0.1) is 11.3 Å². The van der Waals surface area contributed by atoms with Gasteiger partial charge in [0.25, 0.3) is 0 Å². The first kappa shape index (κ1) is 12.1. The van der Waals surface area contributed by atoms with Crippen LogP contribution in [0.4, 0.5) is 0 Å². The predicted molar refractivity (Wildman–Crippen MR) is 69.2 cm³/mol. The molecule has 0 amide bonds. The van der Waals surface area contributed by atoms with E-state index in [1.807, 2.05) is 11.3 Å². The van der Waals surface area contributed by atoms with Crippen molar-refractivity contribution in [1.82, 2.24) is 5.32 Å². The van der Waals surface area contributed by atoms with E-state index in [9.17, 15) is 0 Å². The summed E-state index contributed by atoms with van der Waals surface area (Å²) in [5, 5.41) is 5.79. The Hall–Kier alpha value is -0.380. The average molecular weight is 239 g/mol.